The topological polar surface area (TPSA) is 68.1 Å². The second-order valence-corrected chi connectivity index (χ2v) is 5.97. The fourth-order valence-corrected chi connectivity index (χ4v) is 2.97. The van der Waals surface area contributed by atoms with Gasteiger partial charge >= 0.3 is 5.97 Å². The highest BCUT2D eigenvalue weighted by Gasteiger charge is 2.41. The Hall–Kier alpha value is -2.04. The third-order valence-electron chi connectivity index (χ3n) is 4.04. The number of carbonyl (C=O) groups is 1. The van der Waals surface area contributed by atoms with E-state index in [-0.39, 0.29) is 17.9 Å². The number of hydrogen-bond donors (Lipinski definition) is 1. The van der Waals surface area contributed by atoms with Gasteiger partial charge in [0.2, 0.25) is 0 Å². The summed E-state index contributed by atoms with van der Waals surface area (Å²) in [5.74, 6) is -0.475. The summed E-state index contributed by atoms with van der Waals surface area (Å²) < 4.78 is 5.71. The zero-order valence-corrected chi connectivity index (χ0v) is 13.7. The molecule has 0 aromatic rings. The van der Waals surface area contributed by atoms with Crippen molar-refractivity contribution in [3.8, 4) is 0 Å². The van der Waals surface area contributed by atoms with Crippen LogP contribution in [0.4, 0.5) is 0 Å². The Morgan fingerprint density at radius 2 is 2.39 bits per heavy atom. The average molecular weight is 319 g/mol. The second kappa shape index (κ2) is 7.99. The monoisotopic (exact) mass is 319 g/mol. The van der Waals surface area contributed by atoms with Crippen LogP contribution in [0.2, 0.25) is 0 Å². The average Bonchev–Trinajstić information content (AvgIpc) is 2.72. The fraction of sp³-hybridized carbons (Fsp3) is 0.556. The van der Waals surface area contributed by atoms with E-state index in [9.17, 15) is 9.90 Å². The van der Waals surface area contributed by atoms with Gasteiger partial charge in [-0.25, -0.2) is 4.79 Å². The molecule has 126 valence electrons. The fourth-order valence-electron chi connectivity index (χ4n) is 2.97. The minimum atomic E-state index is -0.708. The van der Waals surface area contributed by atoms with E-state index in [0.29, 0.717) is 18.6 Å². The third kappa shape index (κ3) is 4.24. The lowest BCUT2D eigenvalue weighted by molar-refractivity contribution is -0.153. The van der Waals surface area contributed by atoms with Gasteiger partial charge in [-0.15, -0.1) is 0 Å². The van der Waals surface area contributed by atoms with E-state index in [0.717, 1.165) is 32.1 Å². The highest BCUT2D eigenvalue weighted by molar-refractivity contribution is 6.20. The van der Waals surface area contributed by atoms with Crippen molar-refractivity contribution in [2.24, 2.45) is 5.16 Å². The number of rotatable bonds is 6. The molecule has 1 unspecified atom stereocenters. The number of aliphatic hydroxyl groups excluding tert-OH is 1. The van der Waals surface area contributed by atoms with E-state index >= 15 is 0 Å². The third-order valence-corrected chi connectivity index (χ3v) is 4.04. The number of aliphatic hydroxyl groups is 1. The van der Waals surface area contributed by atoms with E-state index in [4.69, 9.17) is 9.57 Å². The summed E-state index contributed by atoms with van der Waals surface area (Å²) in [5.41, 5.74) is -0.121. The van der Waals surface area contributed by atoms with Crippen molar-refractivity contribution >= 4 is 11.7 Å². The van der Waals surface area contributed by atoms with Crippen molar-refractivity contribution in [1.29, 1.82) is 0 Å². The van der Waals surface area contributed by atoms with Crippen LogP contribution < -0.4 is 0 Å². The molecule has 1 aliphatic heterocycles. The second-order valence-electron chi connectivity index (χ2n) is 5.97. The molecule has 0 aromatic heterocycles. The van der Waals surface area contributed by atoms with E-state index in [1.807, 2.05) is 19.1 Å². The van der Waals surface area contributed by atoms with E-state index in [1.165, 1.54) is 0 Å². The van der Waals surface area contributed by atoms with Crippen molar-refractivity contribution in [1.82, 2.24) is 0 Å². The quantitative estimate of drug-likeness (QED) is 0.264. The molecule has 0 saturated heterocycles. The first kappa shape index (κ1) is 17.3. The Labute approximate surface area is 137 Å². The molecule has 5 nitrogen and oxygen atoms in total. The Morgan fingerprint density at radius 1 is 1.57 bits per heavy atom. The van der Waals surface area contributed by atoms with Crippen molar-refractivity contribution < 1.29 is 19.5 Å². The standard InChI is InChI=1S/C18H25NO4/c1-3-9-14(19-22-12-4-2)16-15(20)13-18(23-17(16)21)10-7-5-6-8-11-18/h4,7,10,20H,2-3,5-6,8-9,11-13H2,1H3. The highest BCUT2D eigenvalue weighted by atomic mass is 16.6. The number of nitrogens with zero attached hydrogens (tertiary/aromatic N) is 1. The molecule has 0 radical (unpaired) electrons. The van der Waals surface area contributed by atoms with Gasteiger partial charge in [0.15, 0.2) is 0 Å². The predicted molar refractivity (Wildman–Crippen MR) is 89.2 cm³/mol. The molecule has 5 heteroatoms. The van der Waals surface area contributed by atoms with Gasteiger partial charge in [-0.1, -0.05) is 37.2 Å². The van der Waals surface area contributed by atoms with E-state index < -0.39 is 11.6 Å². The Bertz CT molecular complexity index is 547. The van der Waals surface area contributed by atoms with Gasteiger partial charge in [0, 0.05) is 6.42 Å². The number of allylic oxidation sites excluding steroid dienone is 1. The van der Waals surface area contributed by atoms with Crippen LogP contribution in [0.1, 0.15) is 51.9 Å². The summed E-state index contributed by atoms with van der Waals surface area (Å²) in [7, 11) is 0. The van der Waals surface area contributed by atoms with Gasteiger partial charge in [-0.2, -0.15) is 0 Å². The molecule has 0 fully saturated rings. The summed E-state index contributed by atoms with van der Waals surface area (Å²) in [5, 5.41) is 14.5. The predicted octanol–water partition coefficient (Wildman–Crippen LogP) is 3.97. The van der Waals surface area contributed by atoms with Crippen molar-refractivity contribution in [2.45, 2.75) is 57.5 Å². The smallest absolute Gasteiger partial charge is 0.344 e. The minimum absolute atomic E-state index is 0.0437. The van der Waals surface area contributed by atoms with E-state index in [1.54, 1.807) is 6.08 Å². The molecule has 0 amide bonds. The lowest BCUT2D eigenvalue weighted by Crippen LogP contribution is -2.40. The van der Waals surface area contributed by atoms with Crippen molar-refractivity contribution in [3.05, 3.63) is 36.1 Å². The first-order chi connectivity index (χ1) is 11.1. The highest BCUT2D eigenvalue weighted by Crippen LogP contribution is 2.37. The van der Waals surface area contributed by atoms with Crippen LogP contribution in [0.5, 0.6) is 0 Å². The zero-order valence-electron chi connectivity index (χ0n) is 13.7. The van der Waals surface area contributed by atoms with Crippen LogP contribution in [0.3, 0.4) is 0 Å². The molecule has 23 heavy (non-hydrogen) atoms. The van der Waals surface area contributed by atoms with Crippen LogP contribution in [0.25, 0.3) is 0 Å². The molecule has 2 rings (SSSR count). The molecule has 1 aliphatic carbocycles. The zero-order chi connectivity index (χ0) is 16.7. The maximum atomic E-state index is 12.5. The maximum absolute atomic E-state index is 12.5. The van der Waals surface area contributed by atoms with Gasteiger partial charge in [-0.05, 0) is 38.2 Å². The van der Waals surface area contributed by atoms with Gasteiger partial charge < -0.3 is 14.7 Å². The number of ether oxygens (including phenoxy) is 1. The summed E-state index contributed by atoms with van der Waals surface area (Å²) in [6.07, 6.45) is 10.9. The van der Waals surface area contributed by atoms with Crippen LogP contribution in [0.15, 0.2) is 41.3 Å². The lowest BCUT2D eigenvalue weighted by Gasteiger charge is -2.34. The molecule has 0 saturated carbocycles. The summed E-state index contributed by atoms with van der Waals surface area (Å²) >= 11 is 0. The Kier molecular flexibility index (Phi) is 6.02. The van der Waals surface area contributed by atoms with Crippen molar-refractivity contribution in [2.75, 3.05) is 6.61 Å². The number of esters is 1. The van der Waals surface area contributed by atoms with Crippen molar-refractivity contribution in [3.63, 3.8) is 0 Å². The van der Waals surface area contributed by atoms with Crippen LogP contribution in [-0.2, 0) is 14.4 Å². The lowest BCUT2D eigenvalue weighted by atomic mass is 9.87. The first-order valence-electron chi connectivity index (χ1n) is 8.25. The molecule has 0 aromatic carbocycles. The molecule has 1 N–H and O–H groups in total. The minimum Gasteiger partial charge on any atom is -0.511 e. The SMILES string of the molecule is C=CCON=C(CCC)C1=C(O)CC2(C=CCCCC2)OC1=O. The van der Waals surface area contributed by atoms with Gasteiger partial charge in [0.1, 0.15) is 23.5 Å². The van der Waals surface area contributed by atoms with Crippen LogP contribution in [-0.4, -0.2) is 29.0 Å². The number of oxime groups is 1. The molecular weight excluding hydrogens is 294 g/mol. The molecule has 1 atom stereocenters. The largest absolute Gasteiger partial charge is 0.511 e. The van der Waals surface area contributed by atoms with E-state index in [2.05, 4.69) is 11.7 Å². The normalized spacial score (nSPS) is 25.3. The first-order valence-corrected chi connectivity index (χ1v) is 8.25. The number of carbonyl (C=O) groups excluding carboxylic acids is 1. The molecule has 1 heterocycles. The number of hydrogen-bond acceptors (Lipinski definition) is 5. The summed E-state index contributed by atoms with van der Waals surface area (Å²) in [6.45, 7) is 5.79. The van der Waals surface area contributed by atoms with Crippen LogP contribution in [0, 0.1) is 0 Å². The van der Waals surface area contributed by atoms with Gasteiger partial charge in [0.05, 0.1) is 5.71 Å². The Balaban J connectivity index is 2.28. The summed E-state index contributed by atoms with van der Waals surface area (Å²) in [4.78, 5) is 17.6. The van der Waals surface area contributed by atoms with Gasteiger partial charge in [-0.3, -0.25) is 0 Å². The molecule has 0 bridgehead atoms. The Morgan fingerprint density at radius 3 is 3.09 bits per heavy atom. The molecular formula is C18H25NO4. The maximum Gasteiger partial charge on any atom is 0.344 e. The molecule has 2 aliphatic rings. The molecule has 1 spiro atoms. The van der Waals surface area contributed by atoms with Gasteiger partial charge in [0.25, 0.3) is 0 Å². The summed E-state index contributed by atoms with van der Waals surface area (Å²) in [6, 6.07) is 0. The van der Waals surface area contributed by atoms with Crippen LogP contribution >= 0.6 is 0 Å².